The van der Waals surface area contributed by atoms with Gasteiger partial charge in [-0.1, -0.05) is 48.0 Å². The summed E-state index contributed by atoms with van der Waals surface area (Å²) in [6.45, 7) is 4.69. The molecule has 9 heteroatoms. The van der Waals surface area contributed by atoms with Gasteiger partial charge >= 0.3 is 0 Å². The molecule has 170 valence electrons. The van der Waals surface area contributed by atoms with Crippen LogP contribution < -0.4 is 10.5 Å². The fraction of sp³-hybridized carbons (Fsp3) is 0.250. The van der Waals surface area contributed by atoms with Crippen molar-refractivity contribution in [2.24, 2.45) is 0 Å². The van der Waals surface area contributed by atoms with Gasteiger partial charge in [0.15, 0.2) is 5.82 Å². The van der Waals surface area contributed by atoms with Crippen molar-refractivity contribution in [3.8, 4) is 11.1 Å². The summed E-state index contributed by atoms with van der Waals surface area (Å²) in [7, 11) is -3.49. The lowest BCUT2D eigenvalue weighted by molar-refractivity contribution is -0.917. The molecular formula is C24H25N4O3S2+. The van der Waals surface area contributed by atoms with E-state index in [0.29, 0.717) is 48.8 Å². The van der Waals surface area contributed by atoms with Gasteiger partial charge < -0.3 is 9.88 Å². The lowest BCUT2D eigenvalue weighted by Crippen LogP contribution is -3.13. The largest absolute Gasteiger partial charge is 0.326 e. The van der Waals surface area contributed by atoms with Crippen molar-refractivity contribution in [3.05, 3.63) is 81.7 Å². The number of quaternary nitrogens is 1. The van der Waals surface area contributed by atoms with E-state index in [1.165, 1.54) is 16.2 Å². The molecule has 7 nitrogen and oxygen atoms in total. The van der Waals surface area contributed by atoms with Gasteiger partial charge in [0.05, 0.1) is 36.5 Å². The van der Waals surface area contributed by atoms with Gasteiger partial charge in [-0.05, 0) is 24.6 Å². The number of sulfonamides is 1. The third-order valence-electron chi connectivity index (χ3n) is 6.08. The van der Waals surface area contributed by atoms with E-state index in [1.54, 1.807) is 16.4 Å². The Kier molecular flexibility index (Phi) is 5.88. The number of nitrogens with zero attached hydrogens (tertiary/aromatic N) is 2. The van der Waals surface area contributed by atoms with Crippen molar-refractivity contribution < 1.29 is 13.3 Å². The van der Waals surface area contributed by atoms with Crippen LogP contribution in [0.2, 0.25) is 0 Å². The smallest absolute Gasteiger partial charge is 0.260 e. The summed E-state index contributed by atoms with van der Waals surface area (Å²) < 4.78 is 27.4. The Balaban J connectivity index is 1.30. The maximum absolute atomic E-state index is 12.9. The second-order valence-corrected chi connectivity index (χ2v) is 11.1. The molecule has 2 aromatic heterocycles. The summed E-state index contributed by atoms with van der Waals surface area (Å²) in [6.07, 6.45) is 0. The molecule has 1 aliphatic rings. The highest BCUT2D eigenvalue weighted by Gasteiger charge is 2.30. The number of aryl methyl sites for hydroxylation is 1. The minimum Gasteiger partial charge on any atom is -0.326 e. The van der Waals surface area contributed by atoms with Crippen LogP contribution in [0.15, 0.2) is 69.7 Å². The number of piperazine rings is 1. The van der Waals surface area contributed by atoms with Crippen LogP contribution >= 0.6 is 11.3 Å². The summed E-state index contributed by atoms with van der Waals surface area (Å²) in [5.74, 6) is 0.638. The van der Waals surface area contributed by atoms with Crippen molar-refractivity contribution in [2.75, 3.05) is 26.2 Å². The number of fused-ring (bicyclic) bond motifs is 1. The first kappa shape index (κ1) is 22.0. The maximum Gasteiger partial charge on any atom is 0.260 e. The molecule has 0 radical (unpaired) electrons. The standard InChI is InChI=1S/C24H24N4O3S2/c1-17-7-9-19(10-8-17)33(30,31)28-13-11-27(12-14-28)15-21-25-23(29)22-20(16-32-24(22)26-21)18-5-3-2-4-6-18/h2-10,16H,11-15H2,1H3,(H,25,26,29)/p+1. The van der Waals surface area contributed by atoms with E-state index >= 15 is 0 Å². The second kappa shape index (κ2) is 8.83. The molecule has 0 bridgehead atoms. The molecular weight excluding hydrogens is 456 g/mol. The minimum absolute atomic E-state index is 0.130. The zero-order chi connectivity index (χ0) is 23.0. The number of thiophene rings is 1. The Morgan fingerprint density at radius 1 is 1.06 bits per heavy atom. The highest BCUT2D eigenvalue weighted by Crippen LogP contribution is 2.30. The van der Waals surface area contributed by atoms with Gasteiger partial charge in [-0.15, -0.1) is 11.3 Å². The van der Waals surface area contributed by atoms with Crippen LogP contribution in [0.25, 0.3) is 21.3 Å². The number of aromatic amines is 1. The molecule has 0 saturated carbocycles. The zero-order valence-corrected chi connectivity index (χ0v) is 19.9. The molecule has 33 heavy (non-hydrogen) atoms. The van der Waals surface area contributed by atoms with Gasteiger partial charge in [-0.25, -0.2) is 13.4 Å². The Morgan fingerprint density at radius 3 is 2.45 bits per heavy atom. The van der Waals surface area contributed by atoms with Gasteiger partial charge in [0, 0.05) is 10.9 Å². The molecule has 4 aromatic rings. The minimum atomic E-state index is -3.49. The first-order valence-electron chi connectivity index (χ1n) is 10.9. The van der Waals surface area contributed by atoms with Crippen LogP contribution in [0, 0.1) is 6.92 Å². The van der Waals surface area contributed by atoms with Crippen molar-refractivity contribution in [2.45, 2.75) is 18.4 Å². The van der Waals surface area contributed by atoms with Crippen molar-refractivity contribution >= 4 is 31.6 Å². The van der Waals surface area contributed by atoms with E-state index in [-0.39, 0.29) is 5.56 Å². The van der Waals surface area contributed by atoms with E-state index < -0.39 is 10.0 Å². The SMILES string of the molecule is Cc1ccc(S(=O)(=O)N2CC[NH+](Cc3nc4scc(-c5ccccc5)c4c(=O)[nH]3)CC2)cc1. The highest BCUT2D eigenvalue weighted by atomic mass is 32.2. The van der Waals surface area contributed by atoms with Gasteiger partial charge in [0.2, 0.25) is 10.0 Å². The number of hydrogen-bond donors (Lipinski definition) is 2. The quantitative estimate of drug-likeness (QED) is 0.457. The number of nitrogens with one attached hydrogen (secondary N) is 2. The van der Waals surface area contributed by atoms with Crippen LogP contribution in [0.3, 0.4) is 0 Å². The summed E-state index contributed by atoms with van der Waals surface area (Å²) >= 11 is 1.47. The predicted octanol–water partition coefficient (Wildman–Crippen LogP) is 2.05. The van der Waals surface area contributed by atoms with Crippen molar-refractivity contribution in [1.29, 1.82) is 0 Å². The molecule has 2 N–H and O–H groups in total. The summed E-state index contributed by atoms with van der Waals surface area (Å²) in [5, 5.41) is 2.60. The molecule has 1 saturated heterocycles. The van der Waals surface area contributed by atoms with E-state index in [0.717, 1.165) is 21.5 Å². The maximum atomic E-state index is 12.9. The molecule has 0 spiro atoms. The number of hydrogen-bond acceptors (Lipinski definition) is 5. The van der Waals surface area contributed by atoms with Crippen LogP contribution in [-0.2, 0) is 16.6 Å². The molecule has 3 heterocycles. The number of benzene rings is 2. The van der Waals surface area contributed by atoms with Crippen LogP contribution in [0.5, 0.6) is 0 Å². The predicted molar refractivity (Wildman–Crippen MR) is 130 cm³/mol. The Bertz CT molecular complexity index is 1440. The normalized spacial score (nSPS) is 15.8. The van der Waals surface area contributed by atoms with Gasteiger partial charge in [0.1, 0.15) is 11.4 Å². The van der Waals surface area contributed by atoms with E-state index in [4.69, 9.17) is 4.98 Å². The summed E-state index contributed by atoms with van der Waals surface area (Å²) in [6, 6.07) is 16.8. The van der Waals surface area contributed by atoms with Crippen LogP contribution in [0.4, 0.5) is 0 Å². The molecule has 2 aromatic carbocycles. The topological polar surface area (TPSA) is 87.6 Å². The van der Waals surface area contributed by atoms with Crippen LogP contribution in [0.1, 0.15) is 11.4 Å². The Labute approximate surface area is 196 Å². The number of rotatable bonds is 5. The molecule has 0 unspecified atom stereocenters. The molecule has 0 atom stereocenters. The highest BCUT2D eigenvalue weighted by molar-refractivity contribution is 7.89. The summed E-state index contributed by atoms with van der Waals surface area (Å²) in [5.41, 5.74) is 2.80. The van der Waals surface area contributed by atoms with Crippen molar-refractivity contribution in [3.63, 3.8) is 0 Å². The summed E-state index contributed by atoms with van der Waals surface area (Å²) in [4.78, 5) is 22.8. The average molecular weight is 482 g/mol. The monoisotopic (exact) mass is 481 g/mol. The lowest BCUT2D eigenvalue weighted by Gasteiger charge is -2.31. The molecule has 1 aliphatic heterocycles. The number of H-pyrrole nitrogens is 1. The van der Waals surface area contributed by atoms with E-state index in [2.05, 4.69) is 4.98 Å². The van der Waals surface area contributed by atoms with Gasteiger partial charge in [0.25, 0.3) is 5.56 Å². The Hall–Kier alpha value is -2.85. The van der Waals surface area contributed by atoms with Gasteiger partial charge in [-0.3, -0.25) is 4.79 Å². The van der Waals surface area contributed by atoms with E-state index in [9.17, 15) is 13.2 Å². The fourth-order valence-electron chi connectivity index (χ4n) is 4.22. The average Bonchev–Trinajstić information content (AvgIpc) is 3.25. The Morgan fingerprint density at radius 2 is 1.76 bits per heavy atom. The molecule has 5 rings (SSSR count). The first-order chi connectivity index (χ1) is 15.9. The molecule has 0 amide bonds. The third-order valence-corrected chi connectivity index (χ3v) is 8.87. The first-order valence-corrected chi connectivity index (χ1v) is 13.2. The fourth-order valence-corrected chi connectivity index (χ4v) is 6.63. The number of aromatic nitrogens is 2. The van der Waals surface area contributed by atoms with Crippen LogP contribution in [-0.4, -0.2) is 48.9 Å². The molecule has 1 fully saturated rings. The second-order valence-electron chi connectivity index (χ2n) is 8.35. The van der Waals surface area contributed by atoms with Crippen molar-refractivity contribution in [1.82, 2.24) is 14.3 Å². The molecule has 0 aliphatic carbocycles. The lowest BCUT2D eigenvalue weighted by atomic mass is 10.1. The van der Waals surface area contributed by atoms with E-state index in [1.807, 2.05) is 54.8 Å². The van der Waals surface area contributed by atoms with Gasteiger partial charge in [-0.2, -0.15) is 4.31 Å². The zero-order valence-electron chi connectivity index (χ0n) is 18.2. The third kappa shape index (κ3) is 4.37.